The number of aromatic nitrogens is 1. The zero-order valence-electron chi connectivity index (χ0n) is 10.9. The van der Waals surface area contributed by atoms with Gasteiger partial charge in [-0.25, -0.2) is 13.4 Å². The van der Waals surface area contributed by atoms with Gasteiger partial charge < -0.3 is 5.32 Å². The van der Waals surface area contributed by atoms with E-state index in [9.17, 15) is 13.2 Å². The lowest BCUT2D eigenvalue weighted by Gasteiger charge is -2.09. The van der Waals surface area contributed by atoms with Crippen molar-refractivity contribution < 1.29 is 13.2 Å². The van der Waals surface area contributed by atoms with Gasteiger partial charge in [0.05, 0.1) is 32.6 Å². The van der Waals surface area contributed by atoms with Gasteiger partial charge in [-0.15, -0.1) is 11.3 Å². The Balaban J connectivity index is 1.77. The van der Waals surface area contributed by atoms with Crippen molar-refractivity contribution in [1.29, 1.82) is 0 Å². The molecule has 5 nitrogen and oxygen atoms in total. The van der Waals surface area contributed by atoms with Gasteiger partial charge in [-0.1, -0.05) is 0 Å². The van der Waals surface area contributed by atoms with E-state index in [2.05, 4.69) is 10.3 Å². The largest absolute Gasteiger partial charge is 0.326 e. The predicted molar refractivity (Wildman–Crippen MR) is 79.7 cm³/mol. The monoisotopic (exact) mass is 310 g/mol. The van der Waals surface area contributed by atoms with E-state index in [1.165, 1.54) is 0 Å². The number of anilines is 1. The minimum absolute atomic E-state index is 0.0409. The summed E-state index contributed by atoms with van der Waals surface area (Å²) < 4.78 is 23.8. The highest BCUT2D eigenvalue weighted by Gasteiger charge is 2.32. The Morgan fingerprint density at radius 2 is 2.25 bits per heavy atom. The van der Waals surface area contributed by atoms with Gasteiger partial charge in [0.2, 0.25) is 5.91 Å². The van der Waals surface area contributed by atoms with E-state index >= 15 is 0 Å². The summed E-state index contributed by atoms with van der Waals surface area (Å²) in [6.07, 6.45) is 0.413. The fourth-order valence-corrected chi connectivity index (χ4v) is 4.97. The molecule has 2 heterocycles. The Hall–Kier alpha value is -1.47. The quantitative estimate of drug-likeness (QED) is 0.920. The third-order valence-corrected chi connectivity index (χ3v) is 6.07. The normalized spacial score (nSPS) is 21.1. The molecular formula is C13H14N2O3S2. The van der Waals surface area contributed by atoms with Crippen LogP contribution in [0.2, 0.25) is 0 Å². The number of sulfone groups is 1. The van der Waals surface area contributed by atoms with E-state index in [1.807, 2.05) is 19.1 Å². The molecule has 2 aromatic rings. The number of hydrogen-bond acceptors (Lipinski definition) is 5. The number of carbonyl (C=O) groups excluding carboxylic acids is 1. The third kappa shape index (κ3) is 2.69. The lowest BCUT2D eigenvalue weighted by atomic mass is 10.1. The molecule has 0 bridgehead atoms. The summed E-state index contributed by atoms with van der Waals surface area (Å²) in [4.78, 5) is 16.4. The first-order valence-corrected chi connectivity index (χ1v) is 8.95. The first kappa shape index (κ1) is 13.5. The molecule has 3 rings (SSSR count). The number of amides is 1. The van der Waals surface area contributed by atoms with Gasteiger partial charge in [-0.05, 0) is 31.5 Å². The highest BCUT2D eigenvalue weighted by atomic mass is 32.2. The minimum Gasteiger partial charge on any atom is -0.326 e. The average Bonchev–Trinajstić information content (AvgIpc) is 2.90. The summed E-state index contributed by atoms with van der Waals surface area (Å²) in [6.45, 7) is 1.94. The number of hydrogen-bond donors (Lipinski definition) is 1. The van der Waals surface area contributed by atoms with E-state index in [0.717, 1.165) is 15.2 Å². The highest BCUT2D eigenvalue weighted by Crippen LogP contribution is 2.26. The van der Waals surface area contributed by atoms with Gasteiger partial charge in [-0.2, -0.15) is 0 Å². The van der Waals surface area contributed by atoms with Crippen molar-refractivity contribution >= 4 is 43.0 Å². The Morgan fingerprint density at radius 3 is 2.95 bits per heavy atom. The molecule has 0 spiro atoms. The van der Waals surface area contributed by atoms with Crippen LogP contribution in [0.1, 0.15) is 11.4 Å². The van der Waals surface area contributed by atoms with Crippen LogP contribution < -0.4 is 5.32 Å². The molecule has 1 fully saturated rings. The number of nitrogens with one attached hydrogen (secondary N) is 1. The Morgan fingerprint density at radius 1 is 1.45 bits per heavy atom. The van der Waals surface area contributed by atoms with Crippen LogP contribution in [-0.4, -0.2) is 30.8 Å². The first-order valence-electron chi connectivity index (χ1n) is 6.31. The molecule has 106 valence electrons. The number of rotatable bonds is 2. The van der Waals surface area contributed by atoms with Gasteiger partial charge in [0.25, 0.3) is 0 Å². The second kappa shape index (κ2) is 4.82. The Kier molecular flexibility index (Phi) is 3.25. The third-order valence-electron chi connectivity index (χ3n) is 3.37. The van der Waals surface area contributed by atoms with E-state index in [-0.39, 0.29) is 17.4 Å². The van der Waals surface area contributed by atoms with Crippen LogP contribution >= 0.6 is 11.3 Å². The molecule has 0 radical (unpaired) electrons. The second-order valence-corrected chi connectivity index (χ2v) is 8.47. The summed E-state index contributed by atoms with van der Waals surface area (Å²) in [5.41, 5.74) is 1.60. The molecule has 0 saturated carbocycles. The van der Waals surface area contributed by atoms with Gasteiger partial charge in [0.1, 0.15) is 0 Å². The summed E-state index contributed by atoms with van der Waals surface area (Å²) in [6, 6.07) is 5.53. The summed E-state index contributed by atoms with van der Waals surface area (Å²) >= 11 is 1.57. The van der Waals surface area contributed by atoms with Gasteiger partial charge in [0, 0.05) is 5.69 Å². The van der Waals surface area contributed by atoms with Crippen LogP contribution in [0.4, 0.5) is 5.69 Å². The molecule has 1 aromatic heterocycles. The highest BCUT2D eigenvalue weighted by molar-refractivity contribution is 7.91. The summed E-state index contributed by atoms with van der Waals surface area (Å²) in [7, 11) is -3.03. The predicted octanol–water partition coefficient (Wildman–Crippen LogP) is 1.98. The van der Waals surface area contributed by atoms with Gasteiger partial charge >= 0.3 is 0 Å². The van der Waals surface area contributed by atoms with E-state index in [1.54, 1.807) is 17.4 Å². The Bertz CT molecular complexity index is 780. The van der Waals surface area contributed by atoms with Crippen molar-refractivity contribution in [2.75, 3.05) is 16.8 Å². The topological polar surface area (TPSA) is 76.1 Å². The maximum absolute atomic E-state index is 12.1. The molecule has 0 unspecified atom stereocenters. The van der Waals surface area contributed by atoms with E-state index in [4.69, 9.17) is 0 Å². The van der Waals surface area contributed by atoms with Crippen molar-refractivity contribution in [3.8, 4) is 0 Å². The zero-order valence-corrected chi connectivity index (χ0v) is 12.6. The maximum Gasteiger partial charge on any atom is 0.228 e. The van der Waals surface area contributed by atoms with E-state index < -0.39 is 15.8 Å². The fourth-order valence-electron chi connectivity index (χ4n) is 2.36. The summed E-state index contributed by atoms with van der Waals surface area (Å²) in [5.74, 6) is -0.579. The first-order chi connectivity index (χ1) is 9.43. The van der Waals surface area contributed by atoms with Crippen LogP contribution in [0.5, 0.6) is 0 Å². The molecule has 1 aliphatic heterocycles. The van der Waals surface area contributed by atoms with Crippen LogP contribution in [0.25, 0.3) is 10.2 Å². The molecule has 1 saturated heterocycles. The molecule has 1 amide bonds. The van der Waals surface area contributed by atoms with Crippen LogP contribution in [0.3, 0.4) is 0 Å². The van der Waals surface area contributed by atoms with Crippen molar-refractivity contribution in [1.82, 2.24) is 4.98 Å². The van der Waals surface area contributed by atoms with Crippen LogP contribution in [0.15, 0.2) is 18.2 Å². The smallest absolute Gasteiger partial charge is 0.228 e. The van der Waals surface area contributed by atoms with Crippen LogP contribution in [-0.2, 0) is 14.6 Å². The standard InChI is InChI=1S/C13H14N2O3S2/c1-8-14-11-3-2-10(6-12(11)19-8)15-13(16)9-4-5-20(17,18)7-9/h2-3,6,9H,4-5,7H2,1H3,(H,15,16)/t9-/m1/s1. The average molecular weight is 310 g/mol. The van der Waals surface area contributed by atoms with Crippen molar-refractivity contribution in [3.63, 3.8) is 0 Å². The number of benzene rings is 1. The summed E-state index contributed by atoms with van der Waals surface area (Å²) in [5, 5.41) is 3.78. The number of aryl methyl sites for hydroxylation is 1. The second-order valence-electron chi connectivity index (χ2n) is 5.00. The molecule has 20 heavy (non-hydrogen) atoms. The molecule has 0 aliphatic carbocycles. The molecule has 1 aliphatic rings. The molecule has 1 aromatic carbocycles. The van der Waals surface area contributed by atoms with Gasteiger partial charge in [-0.3, -0.25) is 4.79 Å². The van der Waals surface area contributed by atoms with E-state index in [0.29, 0.717) is 12.1 Å². The maximum atomic E-state index is 12.1. The molecule has 1 atom stereocenters. The lowest BCUT2D eigenvalue weighted by molar-refractivity contribution is -0.119. The number of carbonyl (C=O) groups is 1. The van der Waals surface area contributed by atoms with Crippen LogP contribution in [0, 0.1) is 12.8 Å². The van der Waals surface area contributed by atoms with Gasteiger partial charge in [0.15, 0.2) is 9.84 Å². The number of fused-ring (bicyclic) bond motifs is 1. The minimum atomic E-state index is -3.03. The number of nitrogens with zero attached hydrogens (tertiary/aromatic N) is 1. The lowest BCUT2D eigenvalue weighted by Crippen LogP contribution is -2.23. The SMILES string of the molecule is Cc1nc2ccc(NC(=O)[C@@H]3CCS(=O)(=O)C3)cc2s1. The molecule has 1 N–H and O–H groups in total. The number of thiazole rings is 1. The van der Waals surface area contributed by atoms with Crippen molar-refractivity contribution in [2.24, 2.45) is 5.92 Å². The van der Waals surface area contributed by atoms with Crippen molar-refractivity contribution in [3.05, 3.63) is 23.2 Å². The fraction of sp³-hybridized carbons (Fsp3) is 0.385. The molecular weight excluding hydrogens is 296 g/mol. The Labute approximate surface area is 120 Å². The molecule has 7 heteroatoms. The van der Waals surface area contributed by atoms with Crippen molar-refractivity contribution in [2.45, 2.75) is 13.3 Å². The zero-order chi connectivity index (χ0) is 14.3.